The predicted octanol–water partition coefficient (Wildman–Crippen LogP) is 0.134. The highest BCUT2D eigenvalue weighted by molar-refractivity contribution is 6.45. The van der Waals surface area contributed by atoms with Gasteiger partial charge in [0.25, 0.3) is 0 Å². The predicted molar refractivity (Wildman–Crippen MR) is 98.4 cm³/mol. The van der Waals surface area contributed by atoms with Gasteiger partial charge in [-0.15, -0.1) is 0 Å². The lowest BCUT2D eigenvalue weighted by atomic mass is 9.47. The highest BCUT2D eigenvalue weighted by Crippen LogP contribution is 2.45. The first-order chi connectivity index (χ1) is 8.67. The third kappa shape index (κ3) is 4.34. The van der Waals surface area contributed by atoms with Crippen LogP contribution in [0.4, 0.5) is 0 Å². The van der Waals surface area contributed by atoms with Gasteiger partial charge in [-0.25, -0.2) is 0 Å². The number of hydrogen-bond donors (Lipinski definition) is 0. The maximum absolute atomic E-state index is 2.83. The summed E-state index contributed by atoms with van der Waals surface area (Å²) >= 11 is 0. The molecule has 1 nitrogen and oxygen atoms in total. The lowest BCUT2D eigenvalue weighted by molar-refractivity contribution is 0.0862. The summed E-state index contributed by atoms with van der Waals surface area (Å²) in [7, 11) is 9.76. The zero-order valence-electron chi connectivity index (χ0n) is 14.6. The van der Waals surface area contributed by atoms with Gasteiger partial charge in [-0.05, 0) is 31.6 Å². The molecule has 0 N–H and O–H groups in total. The normalized spacial score (nSPS) is 25.2. The Morgan fingerprint density at radius 2 is 1.68 bits per heavy atom. The van der Waals surface area contributed by atoms with Crippen LogP contribution >= 0.6 is 0 Å². The third-order valence-electron chi connectivity index (χ3n) is 5.21. The number of likely N-dealkylation sites (tertiary alicyclic amines) is 1. The van der Waals surface area contributed by atoms with E-state index in [9.17, 15) is 0 Å². The lowest BCUT2D eigenvalue weighted by Crippen LogP contribution is -2.56. The molecule has 106 valence electrons. The molecular weight excluding hydrogens is 225 g/mol. The molecule has 0 radical (unpaired) electrons. The standard InChI is InChI=1S/C14H33B4N/c1-4-6-7-8-9-12(3,5-2)19-11-13(15,16)10-14(19,17)18/h4-11,15-18H2,1-3H3. The molecule has 1 aliphatic rings. The second kappa shape index (κ2) is 6.33. The molecule has 19 heavy (non-hydrogen) atoms. The van der Waals surface area contributed by atoms with Gasteiger partial charge >= 0.3 is 0 Å². The van der Waals surface area contributed by atoms with Crippen LogP contribution in [0.3, 0.4) is 0 Å². The topological polar surface area (TPSA) is 3.24 Å². The molecule has 1 rings (SSSR count). The summed E-state index contributed by atoms with van der Waals surface area (Å²) < 4.78 is 0. The first-order valence-electron chi connectivity index (χ1n) is 8.45. The van der Waals surface area contributed by atoms with Gasteiger partial charge in [-0.3, -0.25) is 0 Å². The van der Waals surface area contributed by atoms with Crippen LogP contribution in [0.15, 0.2) is 0 Å². The average molecular weight is 259 g/mol. The quantitative estimate of drug-likeness (QED) is 0.464. The summed E-state index contributed by atoms with van der Waals surface area (Å²) in [6, 6.07) is 0. The van der Waals surface area contributed by atoms with Crippen LogP contribution in [0.25, 0.3) is 0 Å². The molecule has 0 saturated carbocycles. The van der Waals surface area contributed by atoms with Gasteiger partial charge in [0.1, 0.15) is 31.4 Å². The number of nitrogens with zero attached hydrogens (tertiary/aromatic N) is 1. The van der Waals surface area contributed by atoms with Gasteiger partial charge in [0.05, 0.1) is 0 Å². The van der Waals surface area contributed by atoms with E-state index in [0.29, 0.717) is 16.1 Å². The Balaban J connectivity index is 2.72. The molecule has 1 unspecified atom stereocenters. The van der Waals surface area contributed by atoms with Gasteiger partial charge < -0.3 is 4.90 Å². The summed E-state index contributed by atoms with van der Waals surface area (Å²) in [6.45, 7) is 8.44. The van der Waals surface area contributed by atoms with Crippen LogP contribution in [-0.4, -0.2) is 53.7 Å². The number of rotatable bonds is 7. The number of hydrogen-bond acceptors (Lipinski definition) is 1. The Bertz CT molecular complexity index is 293. The molecule has 0 aromatic carbocycles. The van der Waals surface area contributed by atoms with Gasteiger partial charge in [-0.2, -0.15) is 0 Å². The molecule has 1 saturated heterocycles. The summed E-state index contributed by atoms with van der Waals surface area (Å²) in [6.07, 6.45) is 9.50. The monoisotopic (exact) mass is 259 g/mol. The Morgan fingerprint density at radius 1 is 1.05 bits per heavy atom. The number of unbranched alkanes of at least 4 members (excludes halogenated alkanes) is 3. The smallest absolute Gasteiger partial charge is 0.117 e. The molecular formula is C14H33B4N. The zero-order valence-corrected chi connectivity index (χ0v) is 14.6. The second-order valence-corrected chi connectivity index (χ2v) is 8.40. The third-order valence-corrected chi connectivity index (χ3v) is 5.21. The summed E-state index contributed by atoms with van der Waals surface area (Å²) in [5.41, 5.74) is 0.394. The molecule has 0 aliphatic carbocycles. The van der Waals surface area contributed by atoms with Crippen LogP contribution in [0, 0.1) is 0 Å². The largest absolute Gasteiger partial charge is 0.309 e. The minimum atomic E-state index is 0.360. The van der Waals surface area contributed by atoms with E-state index in [0.717, 1.165) is 0 Å². The van der Waals surface area contributed by atoms with Crippen molar-refractivity contribution in [3.8, 4) is 0 Å². The molecule has 5 heteroatoms. The summed E-state index contributed by atoms with van der Waals surface area (Å²) in [5.74, 6) is 0. The fraction of sp³-hybridized carbons (Fsp3) is 1.00. The molecule has 1 aliphatic heterocycles. The van der Waals surface area contributed by atoms with Crippen molar-refractivity contribution in [3.05, 3.63) is 0 Å². The molecule has 0 aromatic rings. The highest BCUT2D eigenvalue weighted by Gasteiger charge is 2.48. The Hall–Kier alpha value is 0.220. The van der Waals surface area contributed by atoms with Crippen LogP contribution in [0.1, 0.15) is 65.7 Å². The molecule has 0 spiro atoms. The Labute approximate surface area is 125 Å². The van der Waals surface area contributed by atoms with Gasteiger partial charge in [0, 0.05) is 5.54 Å². The highest BCUT2D eigenvalue weighted by atomic mass is 15.3. The maximum atomic E-state index is 2.83. The molecule has 0 amide bonds. The van der Waals surface area contributed by atoms with E-state index in [1.807, 2.05) is 0 Å². The van der Waals surface area contributed by atoms with Crippen molar-refractivity contribution in [2.75, 3.05) is 6.54 Å². The van der Waals surface area contributed by atoms with E-state index >= 15 is 0 Å². The van der Waals surface area contributed by atoms with E-state index in [1.165, 1.54) is 51.5 Å². The minimum absolute atomic E-state index is 0.360. The maximum Gasteiger partial charge on any atom is 0.117 e. The van der Waals surface area contributed by atoms with Crippen LogP contribution < -0.4 is 0 Å². The fourth-order valence-electron chi connectivity index (χ4n) is 4.32. The van der Waals surface area contributed by atoms with Crippen molar-refractivity contribution >= 4 is 31.4 Å². The van der Waals surface area contributed by atoms with Crippen molar-refractivity contribution in [3.63, 3.8) is 0 Å². The van der Waals surface area contributed by atoms with Crippen LogP contribution in [-0.2, 0) is 0 Å². The summed E-state index contributed by atoms with van der Waals surface area (Å²) in [4.78, 5) is 2.83. The molecule has 1 heterocycles. The van der Waals surface area contributed by atoms with Crippen molar-refractivity contribution in [1.82, 2.24) is 4.90 Å². The molecule has 0 aromatic heterocycles. The lowest BCUT2D eigenvalue weighted by Gasteiger charge is -2.47. The Morgan fingerprint density at radius 3 is 2.11 bits per heavy atom. The summed E-state index contributed by atoms with van der Waals surface area (Å²) in [5, 5.41) is 0.836. The fourth-order valence-corrected chi connectivity index (χ4v) is 4.32. The molecule has 1 fully saturated rings. The van der Waals surface area contributed by atoms with E-state index in [1.54, 1.807) is 0 Å². The Kier molecular flexibility index (Phi) is 5.75. The van der Waals surface area contributed by atoms with Crippen molar-refractivity contribution in [1.29, 1.82) is 0 Å². The van der Waals surface area contributed by atoms with Crippen LogP contribution in [0.2, 0.25) is 5.21 Å². The molecule has 0 bridgehead atoms. The zero-order chi connectivity index (χ0) is 14.7. The van der Waals surface area contributed by atoms with Crippen LogP contribution in [0.5, 0.6) is 0 Å². The van der Waals surface area contributed by atoms with Crippen molar-refractivity contribution in [2.24, 2.45) is 0 Å². The average Bonchev–Trinajstić information content (AvgIpc) is 2.53. The molecule has 1 atom stereocenters. The minimum Gasteiger partial charge on any atom is -0.309 e. The van der Waals surface area contributed by atoms with Crippen molar-refractivity contribution in [2.45, 2.75) is 81.8 Å². The van der Waals surface area contributed by atoms with E-state index in [4.69, 9.17) is 0 Å². The first-order valence-corrected chi connectivity index (χ1v) is 8.45. The van der Waals surface area contributed by atoms with E-state index in [-0.39, 0.29) is 0 Å². The second-order valence-electron chi connectivity index (χ2n) is 8.40. The van der Waals surface area contributed by atoms with Gasteiger partial charge in [0.2, 0.25) is 0 Å². The first kappa shape index (κ1) is 17.3. The van der Waals surface area contributed by atoms with Crippen molar-refractivity contribution < 1.29 is 0 Å². The van der Waals surface area contributed by atoms with Gasteiger partial charge in [0.15, 0.2) is 0 Å². The van der Waals surface area contributed by atoms with E-state index in [2.05, 4.69) is 57.1 Å². The van der Waals surface area contributed by atoms with Gasteiger partial charge in [-0.1, -0.05) is 51.2 Å². The SMILES string of the molecule is BC1(B)CN(C(C)(CC)CCCCCC)C(B)(B)C1. The van der Waals surface area contributed by atoms with E-state index < -0.39 is 0 Å².